The highest BCUT2D eigenvalue weighted by Crippen LogP contribution is 2.28. The van der Waals surface area contributed by atoms with E-state index in [9.17, 15) is 0 Å². The smallest absolute Gasteiger partial charge is 0.0408 e. The summed E-state index contributed by atoms with van der Waals surface area (Å²) in [4.78, 5) is 5.23. The Bertz CT molecular complexity index is 394. The van der Waals surface area contributed by atoms with Crippen molar-refractivity contribution in [2.45, 2.75) is 24.2 Å². The molecule has 1 unspecified atom stereocenters. The van der Waals surface area contributed by atoms with Gasteiger partial charge < -0.3 is 4.90 Å². The van der Waals surface area contributed by atoms with Gasteiger partial charge in [0, 0.05) is 36.7 Å². The minimum absolute atomic E-state index is 0.798. The predicted molar refractivity (Wildman–Crippen MR) is 75.9 cm³/mol. The maximum Gasteiger partial charge on any atom is 0.0408 e. The lowest BCUT2D eigenvalue weighted by molar-refractivity contribution is 0.231. The van der Waals surface area contributed by atoms with Gasteiger partial charge >= 0.3 is 0 Å². The molecule has 3 rings (SSSR count). The van der Waals surface area contributed by atoms with E-state index in [-0.39, 0.29) is 0 Å². The molecule has 2 saturated heterocycles. The summed E-state index contributed by atoms with van der Waals surface area (Å²) in [6.07, 6.45) is 2.77. The molecule has 0 bridgehead atoms. The molecule has 1 aromatic rings. The Hall–Kier alpha value is -0.540. The first-order valence-corrected chi connectivity index (χ1v) is 7.63. The zero-order chi connectivity index (χ0) is 11.7. The van der Waals surface area contributed by atoms with Crippen molar-refractivity contribution in [3.8, 4) is 0 Å². The maximum absolute atomic E-state index is 3.59. The van der Waals surface area contributed by atoms with E-state index in [0.717, 1.165) is 11.4 Å². The monoisotopic (exact) mass is 294 g/mol. The fourth-order valence-electron chi connectivity index (χ4n) is 3.14. The van der Waals surface area contributed by atoms with Gasteiger partial charge in [-0.05, 0) is 31.0 Å². The first-order chi connectivity index (χ1) is 8.38. The summed E-state index contributed by atoms with van der Waals surface area (Å²) in [5.41, 5.74) is 2.84. The van der Waals surface area contributed by atoms with E-state index in [1.165, 1.54) is 50.3 Å². The fraction of sp³-hybridized carbons (Fsp3) is 0.571. The molecule has 92 valence electrons. The number of nitrogens with zero attached hydrogens (tertiary/aromatic N) is 2. The van der Waals surface area contributed by atoms with Gasteiger partial charge in [-0.2, -0.15) is 0 Å². The highest BCUT2D eigenvalue weighted by Gasteiger charge is 2.30. The number of para-hydroxylation sites is 1. The Morgan fingerprint density at radius 1 is 1.18 bits per heavy atom. The molecule has 0 spiro atoms. The molecule has 17 heavy (non-hydrogen) atoms. The first-order valence-electron chi connectivity index (χ1n) is 6.51. The van der Waals surface area contributed by atoms with E-state index in [2.05, 4.69) is 50.0 Å². The van der Waals surface area contributed by atoms with Gasteiger partial charge in [-0.3, -0.25) is 4.90 Å². The van der Waals surface area contributed by atoms with Gasteiger partial charge in [0.1, 0.15) is 0 Å². The van der Waals surface area contributed by atoms with E-state index in [4.69, 9.17) is 0 Å². The molecule has 2 fully saturated rings. The van der Waals surface area contributed by atoms with Crippen LogP contribution in [0, 0.1) is 0 Å². The molecular weight excluding hydrogens is 276 g/mol. The Morgan fingerprint density at radius 3 is 2.94 bits per heavy atom. The molecule has 1 atom stereocenters. The topological polar surface area (TPSA) is 6.48 Å². The quantitative estimate of drug-likeness (QED) is 0.774. The van der Waals surface area contributed by atoms with Crippen LogP contribution in [-0.2, 0) is 5.33 Å². The van der Waals surface area contributed by atoms with Crippen molar-refractivity contribution in [1.29, 1.82) is 0 Å². The minimum atomic E-state index is 0.798. The molecule has 1 aromatic carbocycles. The Labute approximate surface area is 112 Å². The van der Waals surface area contributed by atoms with Crippen molar-refractivity contribution in [1.82, 2.24) is 4.90 Å². The molecule has 0 radical (unpaired) electrons. The molecule has 0 aromatic heterocycles. The summed E-state index contributed by atoms with van der Waals surface area (Å²) in [6.45, 7) is 4.95. The minimum Gasteiger partial charge on any atom is -0.368 e. The molecule has 0 N–H and O–H groups in total. The van der Waals surface area contributed by atoms with E-state index < -0.39 is 0 Å². The van der Waals surface area contributed by atoms with Crippen LogP contribution in [0.15, 0.2) is 24.3 Å². The van der Waals surface area contributed by atoms with Crippen LogP contribution in [0.3, 0.4) is 0 Å². The van der Waals surface area contributed by atoms with Crippen molar-refractivity contribution >= 4 is 21.6 Å². The summed E-state index contributed by atoms with van der Waals surface area (Å²) < 4.78 is 0. The number of piperazine rings is 1. The second kappa shape index (κ2) is 4.99. The molecule has 2 aliphatic heterocycles. The van der Waals surface area contributed by atoms with Crippen LogP contribution < -0.4 is 4.90 Å². The number of halogens is 1. The normalized spacial score (nSPS) is 25.0. The van der Waals surface area contributed by atoms with E-state index in [1.54, 1.807) is 0 Å². The number of rotatable bonds is 2. The molecule has 2 aliphatic rings. The van der Waals surface area contributed by atoms with E-state index in [0.29, 0.717) is 0 Å². The van der Waals surface area contributed by atoms with Crippen LogP contribution in [0.25, 0.3) is 0 Å². The summed E-state index contributed by atoms with van der Waals surface area (Å²) >= 11 is 3.59. The Morgan fingerprint density at radius 2 is 2.06 bits per heavy atom. The maximum atomic E-state index is 3.59. The Balaban J connectivity index is 1.80. The summed E-state index contributed by atoms with van der Waals surface area (Å²) in [6, 6.07) is 9.58. The van der Waals surface area contributed by atoms with E-state index in [1.807, 2.05) is 0 Å². The predicted octanol–water partition coefficient (Wildman–Crippen LogP) is 2.87. The zero-order valence-corrected chi connectivity index (χ0v) is 11.7. The zero-order valence-electron chi connectivity index (χ0n) is 10.1. The van der Waals surface area contributed by atoms with Crippen molar-refractivity contribution in [3.05, 3.63) is 29.8 Å². The number of hydrogen-bond donors (Lipinski definition) is 0. The van der Waals surface area contributed by atoms with Crippen molar-refractivity contribution in [3.63, 3.8) is 0 Å². The summed E-state index contributed by atoms with van der Waals surface area (Å²) in [5.74, 6) is 0. The molecule has 2 nitrogen and oxygen atoms in total. The first kappa shape index (κ1) is 11.5. The number of hydrogen-bond acceptors (Lipinski definition) is 2. The third-order valence-electron chi connectivity index (χ3n) is 4.06. The van der Waals surface area contributed by atoms with Crippen molar-refractivity contribution < 1.29 is 0 Å². The fourth-order valence-corrected chi connectivity index (χ4v) is 3.62. The van der Waals surface area contributed by atoms with Crippen molar-refractivity contribution in [2.75, 3.05) is 31.1 Å². The largest absolute Gasteiger partial charge is 0.368 e. The van der Waals surface area contributed by atoms with Crippen LogP contribution in [-0.4, -0.2) is 37.1 Å². The SMILES string of the molecule is BrCc1ccccc1N1CCN2CCCC2C1. The van der Waals surface area contributed by atoms with Gasteiger partial charge in [-0.25, -0.2) is 0 Å². The standard InChI is InChI=1S/C14H19BrN2/c15-10-12-4-1-2-6-14(12)17-9-8-16-7-3-5-13(16)11-17/h1-2,4,6,13H,3,5,7-11H2. The number of fused-ring (bicyclic) bond motifs is 1. The second-order valence-corrected chi connectivity index (χ2v) is 5.60. The molecule has 0 aliphatic carbocycles. The van der Waals surface area contributed by atoms with Gasteiger partial charge in [-0.1, -0.05) is 34.1 Å². The van der Waals surface area contributed by atoms with Crippen LogP contribution >= 0.6 is 15.9 Å². The number of benzene rings is 1. The van der Waals surface area contributed by atoms with Crippen LogP contribution in [0.1, 0.15) is 18.4 Å². The average molecular weight is 295 g/mol. The summed E-state index contributed by atoms with van der Waals surface area (Å²) in [5, 5.41) is 0.952. The number of alkyl halides is 1. The highest BCUT2D eigenvalue weighted by atomic mass is 79.9. The van der Waals surface area contributed by atoms with E-state index >= 15 is 0 Å². The van der Waals surface area contributed by atoms with Crippen LogP contribution in [0.4, 0.5) is 5.69 Å². The average Bonchev–Trinajstić information content (AvgIpc) is 2.85. The molecule has 0 saturated carbocycles. The van der Waals surface area contributed by atoms with Gasteiger partial charge in [0.2, 0.25) is 0 Å². The lowest BCUT2D eigenvalue weighted by Crippen LogP contribution is -2.50. The molecule has 0 amide bonds. The van der Waals surface area contributed by atoms with Gasteiger partial charge in [0.05, 0.1) is 0 Å². The molecule has 3 heteroatoms. The third kappa shape index (κ3) is 2.23. The summed E-state index contributed by atoms with van der Waals surface area (Å²) in [7, 11) is 0. The number of anilines is 1. The van der Waals surface area contributed by atoms with Crippen LogP contribution in [0.5, 0.6) is 0 Å². The lowest BCUT2D eigenvalue weighted by atomic mass is 10.1. The second-order valence-electron chi connectivity index (χ2n) is 5.04. The lowest BCUT2D eigenvalue weighted by Gasteiger charge is -2.39. The van der Waals surface area contributed by atoms with Gasteiger partial charge in [0.15, 0.2) is 0 Å². The van der Waals surface area contributed by atoms with Crippen LogP contribution in [0.2, 0.25) is 0 Å². The third-order valence-corrected chi connectivity index (χ3v) is 4.67. The van der Waals surface area contributed by atoms with Gasteiger partial charge in [-0.15, -0.1) is 0 Å². The van der Waals surface area contributed by atoms with Gasteiger partial charge in [0.25, 0.3) is 0 Å². The van der Waals surface area contributed by atoms with Crippen molar-refractivity contribution in [2.24, 2.45) is 0 Å². The Kier molecular flexibility index (Phi) is 3.39. The highest BCUT2D eigenvalue weighted by molar-refractivity contribution is 9.08. The molecule has 2 heterocycles. The molecular formula is C14H19BrN2.